The molecule has 1 atom stereocenters. The Hall–Kier alpha value is -1.81. The summed E-state index contributed by atoms with van der Waals surface area (Å²) in [6.07, 6.45) is 1.78. The molecule has 0 saturated heterocycles. The summed E-state index contributed by atoms with van der Waals surface area (Å²) in [5, 5.41) is 10.0. The maximum absolute atomic E-state index is 11.1. The Labute approximate surface area is 93.3 Å². The third-order valence-corrected chi connectivity index (χ3v) is 2.90. The molecule has 0 saturated carbocycles. The first-order valence-corrected chi connectivity index (χ1v) is 5.01. The summed E-state index contributed by atoms with van der Waals surface area (Å²) in [5.41, 5.74) is 6.11. The van der Waals surface area contributed by atoms with Crippen LogP contribution < -0.4 is 5.73 Å². The lowest BCUT2D eigenvalue weighted by Gasteiger charge is -2.18. The van der Waals surface area contributed by atoms with Crippen LogP contribution in [0.25, 0.3) is 10.9 Å². The molecule has 0 bridgehead atoms. The van der Waals surface area contributed by atoms with E-state index in [1.165, 1.54) is 6.92 Å². The first kappa shape index (κ1) is 10.7. The molecule has 1 unspecified atom stereocenters. The van der Waals surface area contributed by atoms with Gasteiger partial charge in [-0.1, -0.05) is 18.2 Å². The summed E-state index contributed by atoms with van der Waals surface area (Å²) in [6.45, 7) is 1.51. The zero-order chi connectivity index (χ0) is 11.9. The molecule has 0 spiro atoms. The number of nitrogens with zero attached hydrogens (tertiary/aromatic N) is 1. The minimum absolute atomic E-state index is 0.637. The molecule has 1 aromatic heterocycles. The van der Waals surface area contributed by atoms with Gasteiger partial charge in [-0.15, -0.1) is 0 Å². The van der Waals surface area contributed by atoms with Crippen molar-refractivity contribution in [1.29, 1.82) is 0 Å². The van der Waals surface area contributed by atoms with Crippen molar-refractivity contribution < 1.29 is 9.90 Å². The van der Waals surface area contributed by atoms with Crippen LogP contribution in [-0.4, -0.2) is 15.6 Å². The van der Waals surface area contributed by atoms with Crippen molar-refractivity contribution in [3.8, 4) is 0 Å². The SMILES string of the molecule is Cn1cc(C(C)(N)C(=O)O)c2ccccc21. The van der Waals surface area contributed by atoms with Gasteiger partial charge in [0.15, 0.2) is 0 Å². The van der Waals surface area contributed by atoms with Crippen molar-refractivity contribution in [2.45, 2.75) is 12.5 Å². The molecule has 0 aliphatic heterocycles. The van der Waals surface area contributed by atoms with Crippen molar-refractivity contribution in [1.82, 2.24) is 4.57 Å². The molecule has 1 heterocycles. The number of fused-ring (bicyclic) bond motifs is 1. The monoisotopic (exact) mass is 218 g/mol. The van der Waals surface area contributed by atoms with Crippen molar-refractivity contribution in [3.63, 3.8) is 0 Å². The number of nitrogens with two attached hydrogens (primary N) is 1. The quantitative estimate of drug-likeness (QED) is 0.801. The normalized spacial score (nSPS) is 14.9. The predicted octanol–water partition coefficient (Wildman–Crippen LogP) is 1.44. The topological polar surface area (TPSA) is 68.2 Å². The minimum Gasteiger partial charge on any atom is -0.480 e. The molecule has 1 aromatic carbocycles. The van der Waals surface area contributed by atoms with Crippen LogP contribution in [0.1, 0.15) is 12.5 Å². The number of carbonyl (C=O) groups is 1. The summed E-state index contributed by atoms with van der Waals surface area (Å²) in [6, 6.07) is 7.62. The van der Waals surface area contributed by atoms with Crippen molar-refractivity contribution in [3.05, 3.63) is 36.0 Å². The van der Waals surface area contributed by atoms with Gasteiger partial charge in [-0.05, 0) is 13.0 Å². The van der Waals surface area contributed by atoms with Crippen LogP contribution in [0.5, 0.6) is 0 Å². The van der Waals surface area contributed by atoms with E-state index >= 15 is 0 Å². The van der Waals surface area contributed by atoms with Gasteiger partial charge in [0.1, 0.15) is 5.54 Å². The maximum Gasteiger partial charge on any atom is 0.328 e. The van der Waals surface area contributed by atoms with Crippen molar-refractivity contribution in [2.24, 2.45) is 12.8 Å². The summed E-state index contributed by atoms with van der Waals surface area (Å²) in [7, 11) is 1.88. The molecule has 0 amide bonds. The average Bonchev–Trinajstić information content (AvgIpc) is 2.57. The number of aromatic nitrogens is 1. The average molecular weight is 218 g/mol. The molecule has 0 aliphatic rings. The predicted molar refractivity (Wildman–Crippen MR) is 62.1 cm³/mol. The fourth-order valence-electron chi connectivity index (χ4n) is 1.87. The van der Waals surface area contributed by atoms with Gasteiger partial charge in [-0.25, -0.2) is 4.79 Å². The van der Waals surface area contributed by atoms with E-state index in [1.807, 2.05) is 35.9 Å². The lowest BCUT2D eigenvalue weighted by molar-refractivity contribution is -0.142. The minimum atomic E-state index is -1.36. The maximum atomic E-state index is 11.1. The number of carboxylic acids is 1. The van der Waals surface area contributed by atoms with E-state index in [2.05, 4.69) is 0 Å². The second kappa shape index (κ2) is 3.35. The fourth-order valence-corrected chi connectivity index (χ4v) is 1.87. The van der Waals surface area contributed by atoms with Crippen molar-refractivity contribution in [2.75, 3.05) is 0 Å². The molecule has 0 aliphatic carbocycles. The Morgan fingerprint density at radius 2 is 2.06 bits per heavy atom. The first-order valence-electron chi connectivity index (χ1n) is 5.01. The Morgan fingerprint density at radius 3 is 2.69 bits per heavy atom. The third-order valence-electron chi connectivity index (χ3n) is 2.90. The molecule has 2 aromatic rings. The third kappa shape index (κ3) is 1.39. The van der Waals surface area contributed by atoms with Gasteiger partial charge in [0, 0.05) is 29.7 Å². The number of rotatable bonds is 2. The number of carboxylic acid groups (broad SMARTS) is 1. The largest absolute Gasteiger partial charge is 0.480 e. The van der Waals surface area contributed by atoms with E-state index in [1.54, 1.807) is 6.20 Å². The Bertz CT molecular complexity index is 555. The van der Waals surface area contributed by atoms with Gasteiger partial charge in [-0.2, -0.15) is 0 Å². The number of hydrogen-bond donors (Lipinski definition) is 2. The second-order valence-electron chi connectivity index (χ2n) is 4.18. The van der Waals surface area contributed by atoms with Gasteiger partial charge in [-0.3, -0.25) is 0 Å². The summed E-state index contributed by atoms with van der Waals surface area (Å²) >= 11 is 0. The van der Waals surface area contributed by atoms with Crippen LogP contribution in [0.15, 0.2) is 30.5 Å². The lowest BCUT2D eigenvalue weighted by Crippen LogP contribution is -2.41. The molecule has 3 N–H and O–H groups in total. The van der Waals surface area contributed by atoms with E-state index in [4.69, 9.17) is 10.8 Å². The van der Waals surface area contributed by atoms with E-state index in [0.717, 1.165) is 10.9 Å². The van der Waals surface area contributed by atoms with E-state index in [-0.39, 0.29) is 0 Å². The summed E-state index contributed by atoms with van der Waals surface area (Å²) in [5.74, 6) is -1.02. The molecular weight excluding hydrogens is 204 g/mol. The Kier molecular flexibility index (Phi) is 2.24. The number of aliphatic carboxylic acids is 1. The first-order chi connectivity index (χ1) is 7.44. The molecule has 0 radical (unpaired) electrons. The fraction of sp³-hybridized carbons (Fsp3) is 0.250. The summed E-state index contributed by atoms with van der Waals surface area (Å²) < 4.78 is 1.89. The standard InChI is InChI=1S/C12H14N2O2/c1-12(13,11(15)16)9-7-14(2)10-6-4-3-5-8(9)10/h3-7H,13H2,1-2H3,(H,15,16). The number of hydrogen-bond acceptors (Lipinski definition) is 2. The van der Waals surface area contributed by atoms with Gasteiger partial charge in [0.05, 0.1) is 0 Å². The van der Waals surface area contributed by atoms with Gasteiger partial charge >= 0.3 is 5.97 Å². The van der Waals surface area contributed by atoms with Crippen LogP contribution in [0.3, 0.4) is 0 Å². The van der Waals surface area contributed by atoms with Crippen LogP contribution in [-0.2, 0) is 17.4 Å². The zero-order valence-corrected chi connectivity index (χ0v) is 9.27. The lowest BCUT2D eigenvalue weighted by atomic mass is 9.93. The highest BCUT2D eigenvalue weighted by Gasteiger charge is 2.33. The van der Waals surface area contributed by atoms with E-state index in [0.29, 0.717) is 5.56 Å². The summed E-state index contributed by atoms with van der Waals surface area (Å²) in [4.78, 5) is 11.1. The Balaban J connectivity index is 2.75. The molecule has 16 heavy (non-hydrogen) atoms. The van der Waals surface area contributed by atoms with E-state index < -0.39 is 11.5 Å². The van der Waals surface area contributed by atoms with Crippen LogP contribution in [0.4, 0.5) is 0 Å². The smallest absolute Gasteiger partial charge is 0.328 e. The van der Waals surface area contributed by atoms with Crippen LogP contribution in [0.2, 0.25) is 0 Å². The van der Waals surface area contributed by atoms with Crippen LogP contribution in [0, 0.1) is 0 Å². The van der Waals surface area contributed by atoms with Crippen LogP contribution >= 0.6 is 0 Å². The highest BCUT2D eigenvalue weighted by atomic mass is 16.4. The number of benzene rings is 1. The molecule has 2 rings (SSSR count). The second-order valence-corrected chi connectivity index (χ2v) is 4.18. The van der Waals surface area contributed by atoms with E-state index in [9.17, 15) is 4.79 Å². The van der Waals surface area contributed by atoms with Gasteiger partial charge in [0.25, 0.3) is 0 Å². The van der Waals surface area contributed by atoms with Gasteiger partial charge in [0.2, 0.25) is 0 Å². The highest BCUT2D eigenvalue weighted by molar-refractivity contribution is 5.91. The molecule has 4 heteroatoms. The van der Waals surface area contributed by atoms with Gasteiger partial charge < -0.3 is 15.4 Å². The molecular formula is C12H14N2O2. The Morgan fingerprint density at radius 1 is 1.44 bits per heavy atom. The molecule has 4 nitrogen and oxygen atoms in total. The number of para-hydroxylation sites is 1. The molecule has 0 fully saturated rings. The highest BCUT2D eigenvalue weighted by Crippen LogP contribution is 2.28. The zero-order valence-electron chi connectivity index (χ0n) is 9.27. The van der Waals surface area contributed by atoms with Crippen molar-refractivity contribution >= 4 is 16.9 Å². The number of aryl methyl sites for hydroxylation is 1. The molecule has 84 valence electrons.